The number of halogens is 1. The summed E-state index contributed by atoms with van der Waals surface area (Å²) in [4.78, 5) is 8.07. The third-order valence-corrected chi connectivity index (χ3v) is 3.09. The molecule has 1 aromatic heterocycles. The number of rotatable bonds is 2. The van der Waals surface area contributed by atoms with Crippen molar-refractivity contribution in [3.63, 3.8) is 0 Å². The van der Waals surface area contributed by atoms with Crippen LogP contribution in [-0.4, -0.2) is 17.1 Å². The van der Waals surface area contributed by atoms with Gasteiger partial charge in [-0.05, 0) is 31.0 Å². The highest BCUT2D eigenvalue weighted by atomic mass is 35.5. The van der Waals surface area contributed by atoms with Crippen LogP contribution in [0.4, 0.5) is 5.82 Å². The molecule has 94 valence electrons. The molecule has 2 aromatic rings. The molecule has 4 nitrogen and oxygen atoms in total. The summed E-state index contributed by atoms with van der Waals surface area (Å²) in [5.41, 5.74) is 9.30. The van der Waals surface area contributed by atoms with Crippen LogP contribution < -0.4 is 10.5 Å². The van der Waals surface area contributed by atoms with Gasteiger partial charge < -0.3 is 10.5 Å². The Bertz CT molecular complexity index is 599. The van der Waals surface area contributed by atoms with Crippen LogP contribution >= 0.6 is 11.6 Å². The van der Waals surface area contributed by atoms with Gasteiger partial charge in [0.05, 0.1) is 12.8 Å². The van der Waals surface area contributed by atoms with Gasteiger partial charge in [0, 0.05) is 5.56 Å². The molecule has 0 fully saturated rings. The number of aromatic nitrogens is 2. The summed E-state index contributed by atoms with van der Waals surface area (Å²) in [6.45, 7) is 3.99. The highest BCUT2D eigenvalue weighted by Crippen LogP contribution is 2.37. The van der Waals surface area contributed by atoms with Crippen molar-refractivity contribution < 1.29 is 4.74 Å². The summed E-state index contributed by atoms with van der Waals surface area (Å²) in [5.74, 6) is 0.996. The van der Waals surface area contributed by atoms with Crippen molar-refractivity contribution in [3.8, 4) is 17.0 Å². The predicted molar refractivity (Wildman–Crippen MR) is 72.9 cm³/mol. The van der Waals surface area contributed by atoms with Crippen LogP contribution in [-0.2, 0) is 0 Å². The van der Waals surface area contributed by atoms with Crippen molar-refractivity contribution in [2.75, 3.05) is 12.8 Å². The molecule has 0 aliphatic heterocycles. The van der Waals surface area contributed by atoms with Gasteiger partial charge in [-0.2, -0.15) is 0 Å². The van der Waals surface area contributed by atoms with E-state index < -0.39 is 0 Å². The minimum Gasteiger partial charge on any atom is -0.496 e. The third kappa shape index (κ3) is 2.11. The largest absolute Gasteiger partial charge is 0.496 e. The Morgan fingerprint density at radius 1 is 1.22 bits per heavy atom. The zero-order chi connectivity index (χ0) is 13.3. The summed E-state index contributed by atoms with van der Waals surface area (Å²) in [7, 11) is 1.62. The number of methoxy groups -OCH3 is 1. The van der Waals surface area contributed by atoms with Crippen LogP contribution in [0.3, 0.4) is 0 Å². The fraction of sp³-hybridized carbons (Fsp3) is 0.231. The van der Waals surface area contributed by atoms with E-state index in [1.54, 1.807) is 7.11 Å². The molecule has 0 saturated heterocycles. The fourth-order valence-corrected chi connectivity index (χ4v) is 2.14. The number of benzene rings is 1. The minimum atomic E-state index is 0.267. The molecule has 0 aliphatic rings. The molecule has 0 radical (unpaired) electrons. The predicted octanol–water partition coefficient (Wildman–Crippen LogP) is 3.00. The molecule has 0 atom stereocenters. The number of ether oxygens (including phenoxy) is 1. The van der Waals surface area contributed by atoms with Crippen LogP contribution in [0.25, 0.3) is 11.3 Å². The monoisotopic (exact) mass is 263 g/mol. The molecule has 0 saturated carbocycles. The quantitative estimate of drug-likeness (QED) is 0.905. The summed E-state index contributed by atoms with van der Waals surface area (Å²) < 4.78 is 5.40. The van der Waals surface area contributed by atoms with Crippen molar-refractivity contribution in [2.45, 2.75) is 13.8 Å². The van der Waals surface area contributed by atoms with Gasteiger partial charge in [0.15, 0.2) is 0 Å². The second-order valence-corrected chi connectivity index (χ2v) is 4.46. The van der Waals surface area contributed by atoms with E-state index in [0.29, 0.717) is 10.7 Å². The van der Waals surface area contributed by atoms with Crippen LogP contribution in [0, 0.1) is 13.8 Å². The number of hydrogen-bond acceptors (Lipinski definition) is 4. The van der Waals surface area contributed by atoms with E-state index >= 15 is 0 Å². The molecule has 0 aliphatic carbocycles. The second-order valence-electron chi connectivity index (χ2n) is 4.08. The first-order chi connectivity index (χ1) is 8.54. The molecule has 1 heterocycles. The van der Waals surface area contributed by atoms with Crippen molar-refractivity contribution in [2.24, 2.45) is 0 Å². The topological polar surface area (TPSA) is 61.0 Å². The Morgan fingerprint density at radius 3 is 2.61 bits per heavy atom. The highest BCUT2D eigenvalue weighted by molar-refractivity contribution is 6.35. The molecular formula is C13H14ClN3O. The number of nitrogen functional groups attached to an aromatic ring is 1. The van der Waals surface area contributed by atoms with Gasteiger partial charge in [0.1, 0.15) is 22.9 Å². The zero-order valence-corrected chi connectivity index (χ0v) is 11.2. The summed E-state index contributed by atoms with van der Waals surface area (Å²) in [6.07, 6.45) is 1.40. The minimum absolute atomic E-state index is 0.267. The van der Waals surface area contributed by atoms with E-state index in [1.807, 2.05) is 26.0 Å². The van der Waals surface area contributed by atoms with E-state index in [1.165, 1.54) is 6.33 Å². The summed E-state index contributed by atoms with van der Waals surface area (Å²) in [6, 6.07) is 3.99. The van der Waals surface area contributed by atoms with Gasteiger partial charge in [-0.1, -0.05) is 17.7 Å². The maximum absolute atomic E-state index is 6.16. The standard InChI is InChI=1S/C13H14ClN3O/c1-7-4-8(2)10(9(5-7)18-3)12-11(14)13(15)17-6-16-12/h4-6H,1-3H3,(H2,15,16,17). The maximum Gasteiger partial charge on any atom is 0.146 e. The highest BCUT2D eigenvalue weighted by Gasteiger charge is 2.16. The number of nitrogens with two attached hydrogens (primary N) is 1. The number of nitrogens with zero attached hydrogens (tertiary/aromatic N) is 2. The van der Waals surface area contributed by atoms with Gasteiger partial charge >= 0.3 is 0 Å². The Morgan fingerprint density at radius 2 is 1.94 bits per heavy atom. The second kappa shape index (κ2) is 4.82. The van der Waals surface area contributed by atoms with Crippen molar-refractivity contribution >= 4 is 17.4 Å². The fourth-order valence-electron chi connectivity index (χ4n) is 1.95. The van der Waals surface area contributed by atoms with Crippen LogP contribution in [0.5, 0.6) is 5.75 Å². The first-order valence-electron chi connectivity index (χ1n) is 5.46. The molecule has 18 heavy (non-hydrogen) atoms. The molecule has 1 aromatic carbocycles. The number of hydrogen-bond donors (Lipinski definition) is 1. The lowest BCUT2D eigenvalue weighted by atomic mass is 10.0. The van der Waals surface area contributed by atoms with Crippen molar-refractivity contribution in [3.05, 3.63) is 34.6 Å². The van der Waals surface area contributed by atoms with Gasteiger partial charge in [0.2, 0.25) is 0 Å². The first-order valence-corrected chi connectivity index (χ1v) is 5.84. The van der Waals surface area contributed by atoms with Crippen LogP contribution in [0.2, 0.25) is 5.02 Å². The van der Waals surface area contributed by atoms with E-state index in [9.17, 15) is 0 Å². The normalized spacial score (nSPS) is 10.4. The molecule has 0 bridgehead atoms. The Hall–Kier alpha value is -1.81. The molecule has 5 heteroatoms. The lowest BCUT2D eigenvalue weighted by Crippen LogP contribution is -1.99. The average molecular weight is 264 g/mol. The average Bonchev–Trinajstić information content (AvgIpc) is 2.32. The molecular weight excluding hydrogens is 250 g/mol. The van der Waals surface area contributed by atoms with Crippen LogP contribution in [0.15, 0.2) is 18.5 Å². The van der Waals surface area contributed by atoms with E-state index in [0.717, 1.165) is 22.4 Å². The van der Waals surface area contributed by atoms with Gasteiger partial charge in [-0.3, -0.25) is 0 Å². The molecule has 2 N–H and O–H groups in total. The summed E-state index contributed by atoms with van der Waals surface area (Å²) in [5, 5.41) is 0.350. The zero-order valence-electron chi connectivity index (χ0n) is 10.5. The first kappa shape index (κ1) is 12.6. The van der Waals surface area contributed by atoms with Crippen molar-refractivity contribution in [1.29, 1.82) is 0 Å². The van der Waals surface area contributed by atoms with Crippen LogP contribution in [0.1, 0.15) is 11.1 Å². The molecule has 2 rings (SSSR count). The smallest absolute Gasteiger partial charge is 0.146 e. The number of aryl methyl sites for hydroxylation is 2. The van der Waals surface area contributed by atoms with E-state index in [4.69, 9.17) is 22.1 Å². The Kier molecular flexibility index (Phi) is 3.39. The van der Waals surface area contributed by atoms with Gasteiger partial charge in [-0.15, -0.1) is 0 Å². The third-order valence-electron chi connectivity index (χ3n) is 2.72. The van der Waals surface area contributed by atoms with Gasteiger partial charge in [0.25, 0.3) is 0 Å². The lowest BCUT2D eigenvalue weighted by Gasteiger charge is -2.13. The molecule has 0 unspecified atom stereocenters. The summed E-state index contributed by atoms with van der Waals surface area (Å²) >= 11 is 6.16. The van der Waals surface area contributed by atoms with E-state index in [2.05, 4.69) is 9.97 Å². The Labute approximate surface area is 111 Å². The number of anilines is 1. The van der Waals surface area contributed by atoms with Gasteiger partial charge in [-0.25, -0.2) is 9.97 Å². The maximum atomic E-state index is 6.16. The van der Waals surface area contributed by atoms with Crippen molar-refractivity contribution in [1.82, 2.24) is 9.97 Å². The Balaban J connectivity index is 2.74. The molecule has 0 spiro atoms. The SMILES string of the molecule is COc1cc(C)cc(C)c1-c1ncnc(N)c1Cl. The van der Waals surface area contributed by atoms with E-state index in [-0.39, 0.29) is 5.82 Å². The molecule has 0 amide bonds. The lowest BCUT2D eigenvalue weighted by molar-refractivity contribution is 0.415.